The van der Waals surface area contributed by atoms with Crippen LogP contribution in [0.3, 0.4) is 0 Å². The number of Topliss-reactive ketones (excluding diaryl/α,β-unsaturated/α-hetero) is 2. The predicted molar refractivity (Wildman–Crippen MR) is 184 cm³/mol. The molecule has 2 aliphatic heterocycles. The number of ketones is 2. The number of nitrogens with zero attached hydrogens (tertiary/aromatic N) is 1. The zero-order valence-corrected chi connectivity index (χ0v) is 25.7. The molecule has 5 aromatic rings. The number of para-hydroxylation sites is 2. The molecule has 6 nitrogen and oxygen atoms in total. The number of hydrogen-bond acceptors (Lipinski definition) is 8. The molecule has 1 N–H and O–H groups in total. The summed E-state index contributed by atoms with van der Waals surface area (Å²) < 4.78 is 0. The van der Waals surface area contributed by atoms with Gasteiger partial charge < -0.3 is 10.2 Å². The van der Waals surface area contributed by atoms with Crippen LogP contribution in [0.25, 0.3) is 27.6 Å². The molecule has 0 fully saturated rings. The molecule has 2 heterocycles. The lowest BCUT2D eigenvalue weighted by atomic mass is 9.84. The molecular weight excluding hydrogens is 601 g/mol. The monoisotopic (exact) mass is 624 g/mol. The minimum absolute atomic E-state index is 0.0401. The third-order valence-electron chi connectivity index (χ3n) is 8.41. The summed E-state index contributed by atoms with van der Waals surface area (Å²) in [5.74, 6) is -0.584. The fourth-order valence-corrected chi connectivity index (χ4v) is 8.47. The first-order chi connectivity index (χ1) is 21.9. The van der Waals surface area contributed by atoms with Gasteiger partial charge in [0.1, 0.15) is 0 Å². The van der Waals surface area contributed by atoms with E-state index in [1.165, 1.54) is 4.90 Å². The molecule has 0 amide bonds. The first-order valence-electron chi connectivity index (χ1n) is 14.6. The smallest absolute Gasteiger partial charge is 0.197 e. The van der Waals surface area contributed by atoms with Gasteiger partial charge in [0.05, 0.1) is 33.1 Å². The summed E-state index contributed by atoms with van der Waals surface area (Å²) in [4.78, 5) is 57.6. The maximum absolute atomic E-state index is 13.9. The first kappa shape index (κ1) is 27.6. The molecule has 8 rings (SSSR count). The lowest BCUT2D eigenvalue weighted by Gasteiger charge is -2.18. The van der Waals surface area contributed by atoms with Gasteiger partial charge in [-0.05, 0) is 79.3 Å². The van der Waals surface area contributed by atoms with Crippen LogP contribution in [0.15, 0.2) is 126 Å². The van der Waals surface area contributed by atoms with Crippen molar-refractivity contribution >= 4 is 74.1 Å². The average molecular weight is 625 g/mol. The Morgan fingerprint density at radius 3 is 2.13 bits per heavy atom. The second-order valence-corrected chi connectivity index (χ2v) is 13.2. The van der Waals surface area contributed by atoms with Crippen LogP contribution in [-0.2, 0) is 0 Å². The van der Waals surface area contributed by atoms with Crippen LogP contribution >= 0.6 is 23.5 Å². The zero-order valence-electron chi connectivity index (χ0n) is 24.0. The number of nitrogens with one attached hydrogen (secondary N) is 1. The number of thioether (sulfide) groups is 2. The molecule has 0 atom stereocenters. The third-order valence-corrected chi connectivity index (χ3v) is 10.5. The summed E-state index contributed by atoms with van der Waals surface area (Å²) in [5, 5.41) is 6.95. The van der Waals surface area contributed by atoms with Gasteiger partial charge in [0.15, 0.2) is 22.4 Å². The zero-order chi connectivity index (χ0) is 30.8. The van der Waals surface area contributed by atoms with Gasteiger partial charge in [0, 0.05) is 49.0 Å². The second kappa shape index (κ2) is 10.6. The number of carbonyl (C=O) groups excluding carboxylic acids is 2. The molecule has 5 aromatic carbocycles. The van der Waals surface area contributed by atoms with Crippen LogP contribution in [0.2, 0.25) is 0 Å². The van der Waals surface area contributed by atoms with E-state index < -0.39 is 10.9 Å². The Kier molecular flexibility index (Phi) is 6.51. The van der Waals surface area contributed by atoms with E-state index in [1.54, 1.807) is 53.9 Å². The van der Waals surface area contributed by atoms with Gasteiger partial charge >= 0.3 is 0 Å². The first-order valence-corrected chi connectivity index (χ1v) is 16.2. The van der Waals surface area contributed by atoms with Crippen molar-refractivity contribution < 1.29 is 9.59 Å². The number of fused-ring (bicyclic) bond motifs is 2. The van der Waals surface area contributed by atoms with E-state index in [2.05, 4.69) is 41.4 Å². The van der Waals surface area contributed by atoms with Gasteiger partial charge in [0.2, 0.25) is 0 Å². The van der Waals surface area contributed by atoms with Crippen LogP contribution in [-0.4, -0.2) is 18.1 Å². The highest BCUT2D eigenvalue weighted by molar-refractivity contribution is 8.04. The highest BCUT2D eigenvalue weighted by atomic mass is 32.2. The topological polar surface area (TPSA) is 83.6 Å². The van der Waals surface area contributed by atoms with Gasteiger partial charge in [0.25, 0.3) is 0 Å². The molecule has 3 aliphatic rings. The summed E-state index contributed by atoms with van der Waals surface area (Å²) in [6, 6.07) is 22.8. The van der Waals surface area contributed by atoms with E-state index in [0.29, 0.717) is 32.7 Å². The van der Waals surface area contributed by atoms with Crippen molar-refractivity contribution in [2.24, 2.45) is 0 Å². The van der Waals surface area contributed by atoms with Gasteiger partial charge in [-0.3, -0.25) is 19.2 Å². The van der Waals surface area contributed by atoms with Crippen LogP contribution in [0.4, 0.5) is 11.4 Å². The second-order valence-electron chi connectivity index (χ2n) is 11.0. The lowest BCUT2D eigenvalue weighted by molar-refractivity contribution is 0.0890. The largest absolute Gasteiger partial charge is 0.349 e. The lowest BCUT2D eigenvalue weighted by Crippen LogP contribution is -2.39. The summed E-state index contributed by atoms with van der Waals surface area (Å²) in [6.07, 6.45) is 7.32. The van der Waals surface area contributed by atoms with Crippen molar-refractivity contribution in [2.45, 2.75) is 23.1 Å². The molecular formula is C37H24N2O4S2. The molecule has 0 unspecified atom stereocenters. The number of carbonyl (C=O) groups is 2. The summed E-state index contributed by atoms with van der Waals surface area (Å²) in [7, 11) is 0. The van der Waals surface area contributed by atoms with E-state index in [0.717, 1.165) is 38.4 Å². The van der Waals surface area contributed by atoms with Gasteiger partial charge in [-0.1, -0.05) is 53.9 Å². The number of hydrogen-bond donors (Lipinski definition) is 1. The molecule has 0 spiro atoms. The van der Waals surface area contributed by atoms with Gasteiger partial charge in [-0.15, -0.1) is 0 Å². The van der Waals surface area contributed by atoms with Crippen molar-refractivity contribution in [3.8, 4) is 0 Å². The quantitative estimate of drug-likeness (QED) is 0.217. The van der Waals surface area contributed by atoms with Crippen molar-refractivity contribution in [2.75, 3.05) is 16.8 Å². The molecule has 0 aromatic heterocycles. The number of allylic oxidation sites excluding steroid dienone is 4. The maximum atomic E-state index is 13.9. The van der Waals surface area contributed by atoms with Crippen LogP contribution in [0.1, 0.15) is 34.1 Å². The fraction of sp³-hybridized carbons (Fsp3) is 0.0811. The third kappa shape index (κ3) is 4.43. The minimum Gasteiger partial charge on any atom is -0.349 e. The Morgan fingerprint density at radius 2 is 1.44 bits per heavy atom. The number of benzene rings is 5. The summed E-state index contributed by atoms with van der Waals surface area (Å²) >= 11 is 3.31. The number of rotatable bonds is 4. The van der Waals surface area contributed by atoms with Gasteiger partial charge in [-0.25, -0.2) is 0 Å². The van der Waals surface area contributed by atoms with Crippen molar-refractivity contribution in [1.82, 2.24) is 0 Å². The highest BCUT2D eigenvalue weighted by Gasteiger charge is 2.28. The molecule has 218 valence electrons. The molecule has 0 saturated carbocycles. The molecule has 1 aliphatic carbocycles. The van der Waals surface area contributed by atoms with Crippen LogP contribution < -0.4 is 26.3 Å². The molecule has 45 heavy (non-hydrogen) atoms. The summed E-state index contributed by atoms with van der Waals surface area (Å²) in [6.45, 7) is 2.89. The Balaban J connectivity index is 1.31. The summed E-state index contributed by atoms with van der Waals surface area (Å²) in [5.41, 5.74) is 2.92. The fourth-order valence-electron chi connectivity index (χ4n) is 6.32. The Bertz CT molecular complexity index is 2300. The number of anilines is 2. The normalized spacial score (nSPS) is 17.4. The van der Waals surface area contributed by atoms with E-state index in [9.17, 15) is 19.2 Å². The predicted octanol–water partition coefficient (Wildman–Crippen LogP) is 6.88. The molecule has 0 saturated heterocycles. The van der Waals surface area contributed by atoms with Crippen molar-refractivity contribution in [1.29, 1.82) is 0 Å². The van der Waals surface area contributed by atoms with E-state index in [4.69, 9.17) is 0 Å². The average Bonchev–Trinajstić information content (AvgIpc) is 3.62. The Morgan fingerprint density at radius 1 is 0.778 bits per heavy atom. The Labute approximate surface area is 266 Å². The van der Waals surface area contributed by atoms with Crippen molar-refractivity contribution in [3.05, 3.63) is 143 Å². The highest BCUT2D eigenvalue weighted by Crippen LogP contribution is 2.46. The Hall–Kier alpha value is -4.92. The van der Waals surface area contributed by atoms with E-state index in [-0.39, 0.29) is 23.2 Å². The molecule has 8 heteroatoms. The van der Waals surface area contributed by atoms with Crippen molar-refractivity contribution in [3.63, 3.8) is 0 Å². The van der Waals surface area contributed by atoms with Crippen LogP contribution in [0.5, 0.6) is 0 Å². The molecule has 0 bridgehead atoms. The molecule has 0 radical (unpaired) electrons. The SMILES string of the molecule is CCN1C(=CC(=CC=c2c(=O)c3ccc4c5c(ccc(c2=O)c53)C(=O)CC4=O)/C=C2/Nc3ccccc3S2)Sc2ccccc21. The van der Waals surface area contributed by atoms with E-state index >= 15 is 0 Å². The van der Waals surface area contributed by atoms with Crippen LogP contribution in [0, 0.1) is 0 Å². The van der Waals surface area contributed by atoms with E-state index in [1.807, 2.05) is 42.5 Å². The standard InChI is InChI=1S/C37H24N2O4S2/c1-2-39-27-8-4-6-10-31(27)45-33(39)18-20(17-32-38-26-7-3-5-9-30(26)44-32)11-12-25-36(42)23-15-13-21-28(40)19-29(41)22-14-16-24(37(25)43)35(23)34(21)22/h3-18,38H,2,19H2,1H3/b20-11?,32-17-,33-18?. The minimum atomic E-state index is -0.420. The van der Waals surface area contributed by atoms with Gasteiger partial charge in [-0.2, -0.15) is 0 Å². The maximum Gasteiger partial charge on any atom is 0.197 e.